The number of pyridine rings is 1. The van der Waals surface area contributed by atoms with Gasteiger partial charge in [-0.15, -0.1) is 0 Å². The van der Waals surface area contributed by atoms with Gasteiger partial charge in [0.1, 0.15) is 22.8 Å². The lowest BCUT2D eigenvalue weighted by atomic mass is 10.2. The zero-order valence-corrected chi connectivity index (χ0v) is 20.0. The highest BCUT2D eigenvalue weighted by Crippen LogP contribution is 2.26. The van der Waals surface area contributed by atoms with E-state index in [1.54, 1.807) is 13.8 Å². The molecule has 1 saturated heterocycles. The predicted molar refractivity (Wildman–Crippen MR) is 126 cm³/mol. The number of amides is 1. The van der Waals surface area contributed by atoms with Crippen molar-refractivity contribution in [1.82, 2.24) is 15.0 Å². The van der Waals surface area contributed by atoms with Gasteiger partial charge in [-0.2, -0.15) is 0 Å². The molecule has 1 aliphatic rings. The quantitative estimate of drug-likeness (QED) is 0.501. The van der Waals surface area contributed by atoms with Crippen LogP contribution in [0.3, 0.4) is 0 Å². The Bertz CT molecular complexity index is 1290. The van der Waals surface area contributed by atoms with Crippen LogP contribution in [0.15, 0.2) is 47.5 Å². The maximum Gasteiger partial charge on any atom is 0.263 e. The first-order chi connectivity index (χ1) is 16.2. The molecule has 3 heterocycles. The van der Waals surface area contributed by atoms with Crippen LogP contribution in [0.25, 0.3) is 0 Å². The SMILES string of the molecule is Cc1cc(NS(=O)(=O)c2ccc(NC(=O)c3cnc(OC4CCOC4)c(Cl)c3)cc2)nc(C)n1. The number of nitrogens with one attached hydrogen (secondary N) is 2. The number of carbonyl (C=O) groups excluding carboxylic acids is 1. The number of halogens is 1. The van der Waals surface area contributed by atoms with E-state index in [0.717, 1.165) is 6.42 Å². The standard InChI is InChI=1S/C22H22ClN5O5S/c1-13-9-20(26-14(2)25-13)28-34(30,31)18-5-3-16(4-6-18)27-21(29)15-10-19(23)22(24-11-15)33-17-7-8-32-12-17/h3-6,9-11,17H,7-8,12H2,1-2H3,(H,27,29)(H,25,26,28). The zero-order valence-electron chi connectivity index (χ0n) is 18.4. The van der Waals surface area contributed by atoms with Crippen LogP contribution >= 0.6 is 11.6 Å². The summed E-state index contributed by atoms with van der Waals surface area (Å²) in [4.78, 5) is 25.0. The molecule has 178 valence electrons. The van der Waals surface area contributed by atoms with E-state index in [0.29, 0.717) is 30.4 Å². The van der Waals surface area contributed by atoms with Crippen LogP contribution < -0.4 is 14.8 Å². The van der Waals surface area contributed by atoms with Gasteiger partial charge in [-0.3, -0.25) is 9.52 Å². The van der Waals surface area contributed by atoms with Gasteiger partial charge in [0, 0.05) is 30.1 Å². The first-order valence-electron chi connectivity index (χ1n) is 10.4. The lowest BCUT2D eigenvalue weighted by molar-refractivity contribution is 0.102. The molecule has 0 bridgehead atoms. The average molecular weight is 504 g/mol. The van der Waals surface area contributed by atoms with Crippen molar-refractivity contribution in [2.24, 2.45) is 0 Å². The van der Waals surface area contributed by atoms with E-state index in [9.17, 15) is 13.2 Å². The third-order valence-corrected chi connectivity index (χ3v) is 6.50. The van der Waals surface area contributed by atoms with Gasteiger partial charge < -0.3 is 14.8 Å². The van der Waals surface area contributed by atoms with Crippen molar-refractivity contribution in [2.45, 2.75) is 31.3 Å². The number of aromatic nitrogens is 3. The summed E-state index contributed by atoms with van der Waals surface area (Å²) in [6, 6.07) is 8.72. The Morgan fingerprint density at radius 1 is 1.18 bits per heavy atom. The van der Waals surface area contributed by atoms with E-state index in [-0.39, 0.29) is 33.3 Å². The van der Waals surface area contributed by atoms with Crippen molar-refractivity contribution in [2.75, 3.05) is 23.3 Å². The third-order valence-electron chi connectivity index (χ3n) is 4.86. The number of benzene rings is 1. The van der Waals surface area contributed by atoms with Crippen molar-refractivity contribution >= 4 is 39.0 Å². The fraction of sp³-hybridized carbons (Fsp3) is 0.273. The number of hydrogen-bond acceptors (Lipinski definition) is 8. The minimum atomic E-state index is -3.87. The molecule has 1 amide bonds. The molecule has 2 aromatic heterocycles. The number of anilines is 2. The van der Waals surface area contributed by atoms with Crippen molar-refractivity contribution in [3.8, 4) is 5.88 Å². The largest absolute Gasteiger partial charge is 0.471 e. The first-order valence-corrected chi connectivity index (χ1v) is 12.2. The van der Waals surface area contributed by atoms with Crippen LogP contribution in [-0.4, -0.2) is 48.6 Å². The Balaban J connectivity index is 1.41. The summed E-state index contributed by atoms with van der Waals surface area (Å²) in [6.45, 7) is 4.52. The van der Waals surface area contributed by atoms with Crippen LogP contribution in [0, 0.1) is 13.8 Å². The van der Waals surface area contributed by atoms with Crippen molar-refractivity contribution in [3.05, 3.63) is 64.7 Å². The van der Waals surface area contributed by atoms with Crippen LogP contribution in [0.2, 0.25) is 5.02 Å². The van der Waals surface area contributed by atoms with E-state index in [1.165, 1.54) is 42.6 Å². The summed E-state index contributed by atoms with van der Waals surface area (Å²) in [5.41, 5.74) is 1.27. The molecular formula is C22H22ClN5O5S. The van der Waals surface area contributed by atoms with E-state index in [2.05, 4.69) is 25.0 Å². The summed E-state index contributed by atoms with van der Waals surface area (Å²) in [5, 5.41) is 2.90. The number of rotatable bonds is 7. The summed E-state index contributed by atoms with van der Waals surface area (Å²) in [6.07, 6.45) is 2.00. The highest BCUT2D eigenvalue weighted by molar-refractivity contribution is 7.92. The summed E-state index contributed by atoms with van der Waals surface area (Å²) in [5.74, 6) is 0.424. The number of carbonyl (C=O) groups is 1. The molecule has 0 spiro atoms. The van der Waals surface area contributed by atoms with Gasteiger partial charge in [0.2, 0.25) is 5.88 Å². The minimum absolute atomic E-state index is 0.0153. The highest BCUT2D eigenvalue weighted by atomic mass is 35.5. The molecule has 1 fully saturated rings. The molecular weight excluding hydrogens is 482 g/mol. The molecule has 34 heavy (non-hydrogen) atoms. The topological polar surface area (TPSA) is 132 Å². The van der Waals surface area contributed by atoms with E-state index in [1.807, 2.05) is 0 Å². The van der Waals surface area contributed by atoms with E-state index in [4.69, 9.17) is 21.1 Å². The first kappa shape index (κ1) is 23.9. The van der Waals surface area contributed by atoms with Crippen molar-refractivity contribution in [3.63, 3.8) is 0 Å². The number of nitrogens with zero attached hydrogens (tertiary/aromatic N) is 3. The Hall–Kier alpha value is -3.28. The summed E-state index contributed by atoms with van der Waals surface area (Å²) >= 11 is 6.22. The second kappa shape index (κ2) is 9.92. The average Bonchev–Trinajstić information content (AvgIpc) is 3.27. The second-order valence-corrected chi connectivity index (χ2v) is 9.73. The van der Waals surface area contributed by atoms with Crippen LogP contribution in [0.1, 0.15) is 28.3 Å². The zero-order chi connectivity index (χ0) is 24.3. The molecule has 2 N–H and O–H groups in total. The van der Waals surface area contributed by atoms with E-state index >= 15 is 0 Å². The van der Waals surface area contributed by atoms with Gasteiger partial charge >= 0.3 is 0 Å². The Kier molecular flexibility index (Phi) is 6.96. The molecule has 4 rings (SSSR count). The molecule has 0 aliphatic carbocycles. The number of aryl methyl sites for hydroxylation is 2. The monoisotopic (exact) mass is 503 g/mol. The third kappa shape index (κ3) is 5.79. The minimum Gasteiger partial charge on any atom is -0.471 e. The smallest absolute Gasteiger partial charge is 0.263 e. The van der Waals surface area contributed by atoms with E-state index < -0.39 is 15.9 Å². The van der Waals surface area contributed by atoms with Gasteiger partial charge in [-0.05, 0) is 44.2 Å². The van der Waals surface area contributed by atoms with Gasteiger partial charge in [0.25, 0.3) is 15.9 Å². The molecule has 1 unspecified atom stereocenters. The summed E-state index contributed by atoms with van der Waals surface area (Å²) in [7, 11) is -3.87. The molecule has 3 aromatic rings. The normalized spacial score (nSPS) is 15.7. The fourth-order valence-corrected chi connectivity index (χ4v) is 4.49. The van der Waals surface area contributed by atoms with Crippen LogP contribution in [0.5, 0.6) is 5.88 Å². The highest BCUT2D eigenvalue weighted by Gasteiger charge is 2.20. The van der Waals surface area contributed by atoms with Crippen LogP contribution in [-0.2, 0) is 14.8 Å². The van der Waals surface area contributed by atoms with Crippen LogP contribution in [0.4, 0.5) is 11.5 Å². The Morgan fingerprint density at radius 3 is 2.59 bits per heavy atom. The van der Waals surface area contributed by atoms with Crippen molar-refractivity contribution in [1.29, 1.82) is 0 Å². The predicted octanol–water partition coefficient (Wildman–Crippen LogP) is 3.36. The number of hydrogen-bond donors (Lipinski definition) is 2. The maximum atomic E-state index is 12.7. The Labute approximate surface area is 201 Å². The lowest BCUT2D eigenvalue weighted by Crippen LogP contribution is -2.17. The Morgan fingerprint density at radius 2 is 1.94 bits per heavy atom. The van der Waals surface area contributed by atoms with Gasteiger partial charge in [0.05, 0.1) is 23.7 Å². The molecule has 1 atom stereocenters. The molecule has 0 saturated carbocycles. The molecule has 0 radical (unpaired) electrons. The lowest BCUT2D eigenvalue weighted by Gasteiger charge is -2.13. The maximum absolute atomic E-state index is 12.7. The van der Waals surface area contributed by atoms with Gasteiger partial charge in [0.15, 0.2) is 0 Å². The fourth-order valence-electron chi connectivity index (χ4n) is 3.29. The number of sulfonamides is 1. The number of ether oxygens (including phenoxy) is 2. The van der Waals surface area contributed by atoms with Crippen molar-refractivity contribution < 1.29 is 22.7 Å². The molecule has 1 aromatic carbocycles. The van der Waals surface area contributed by atoms with Gasteiger partial charge in [-0.25, -0.2) is 23.4 Å². The molecule has 10 nitrogen and oxygen atoms in total. The molecule has 12 heteroatoms. The second-order valence-electron chi connectivity index (χ2n) is 7.64. The summed E-state index contributed by atoms with van der Waals surface area (Å²) < 4.78 is 38.7. The van der Waals surface area contributed by atoms with Gasteiger partial charge in [-0.1, -0.05) is 11.6 Å². The molecule has 1 aliphatic heterocycles.